The number of benzene rings is 2. The summed E-state index contributed by atoms with van der Waals surface area (Å²) in [7, 11) is -3.12. The fraction of sp³-hybridized carbons (Fsp3) is 0.552. The Morgan fingerprint density at radius 3 is 2.35 bits per heavy atom. The van der Waals surface area contributed by atoms with E-state index in [2.05, 4.69) is 0 Å². The molecule has 11 heteroatoms. The minimum Gasteiger partial charge on any atom is -0.337 e. The minimum absolute atomic E-state index is 0.00228. The predicted molar refractivity (Wildman–Crippen MR) is 141 cm³/mol. The van der Waals surface area contributed by atoms with Crippen LogP contribution >= 0.6 is 0 Å². The Bertz CT molecular complexity index is 1380. The summed E-state index contributed by atoms with van der Waals surface area (Å²) in [5, 5.41) is 0. The van der Waals surface area contributed by atoms with Crippen molar-refractivity contribution < 1.29 is 35.2 Å². The van der Waals surface area contributed by atoms with Gasteiger partial charge < -0.3 is 10.6 Å². The molecular weight excluding hydrogens is 551 g/mol. The molecule has 2 aliphatic heterocycles. The first-order chi connectivity index (χ1) is 18.6. The van der Waals surface area contributed by atoms with Crippen molar-refractivity contribution in [1.29, 1.82) is 0 Å². The smallest absolute Gasteiger partial charge is 0.337 e. The number of alkyl halides is 4. The molecular formula is C29H33F5N2O3S. The number of halogens is 5. The van der Waals surface area contributed by atoms with E-state index in [1.165, 1.54) is 24.3 Å². The molecule has 218 valence electrons. The molecule has 3 aliphatic rings. The Morgan fingerprint density at radius 1 is 1.07 bits per heavy atom. The third-order valence-corrected chi connectivity index (χ3v) is 11.0. The summed E-state index contributed by atoms with van der Waals surface area (Å²) in [6.07, 6.45) is -2.71. The van der Waals surface area contributed by atoms with Gasteiger partial charge in [-0.2, -0.15) is 13.2 Å². The van der Waals surface area contributed by atoms with Crippen molar-refractivity contribution in [1.82, 2.24) is 4.90 Å². The van der Waals surface area contributed by atoms with Gasteiger partial charge in [-0.05, 0) is 85.8 Å². The molecule has 2 saturated heterocycles. The lowest BCUT2D eigenvalue weighted by molar-refractivity contribution is -0.228. The first kappa shape index (κ1) is 29.0. The van der Waals surface area contributed by atoms with Gasteiger partial charge in [0.1, 0.15) is 15.7 Å². The average molecular weight is 585 g/mol. The van der Waals surface area contributed by atoms with Crippen LogP contribution < -0.4 is 5.73 Å². The third-order valence-electron chi connectivity index (χ3n) is 9.32. The fourth-order valence-electron chi connectivity index (χ4n) is 6.91. The number of rotatable bonds is 5. The largest absolute Gasteiger partial charge is 0.426 e. The van der Waals surface area contributed by atoms with Crippen LogP contribution in [0.25, 0.3) is 0 Å². The van der Waals surface area contributed by atoms with Crippen molar-refractivity contribution in [3.8, 4) is 0 Å². The maximum atomic E-state index is 14.9. The molecule has 0 spiro atoms. The number of likely N-dealkylation sites (tertiary alicyclic amines) is 1. The molecule has 1 amide bonds. The summed E-state index contributed by atoms with van der Waals surface area (Å²) < 4.78 is 92.7. The van der Waals surface area contributed by atoms with Crippen molar-refractivity contribution in [2.24, 2.45) is 11.7 Å². The Labute approximate surface area is 230 Å². The van der Waals surface area contributed by atoms with E-state index in [1.807, 2.05) is 0 Å². The lowest BCUT2D eigenvalue weighted by Gasteiger charge is -2.45. The van der Waals surface area contributed by atoms with Crippen LogP contribution in [-0.4, -0.2) is 55.5 Å². The second-order valence-electron chi connectivity index (χ2n) is 11.7. The highest BCUT2D eigenvalue weighted by Gasteiger charge is 2.56. The van der Waals surface area contributed by atoms with Crippen LogP contribution in [0.3, 0.4) is 0 Å². The number of aryl methyl sites for hydroxylation is 1. The molecule has 0 radical (unpaired) electrons. The fourth-order valence-corrected chi connectivity index (χ4v) is 8.44. The first-order valence-corrected chi connectivity index (χ1v) is 15.4. The van der Waals surface area contributed by atoms with E-state index in [9.17, 15) is 35.2 Å². The van der Waals surface area contributed by atoms with Crippen LogP contribution in [-0.2, 0) is 38.6 Å². The van der Waals surface area contributed by atoms with Crippen LogP contribution in [0.2, 0.25) is 0 Å². The maximum absolute atomic E-state index is 14.9. The Morgan fingerprint density at radius 2 is 1.73 bits per heavy atom. The van der Waals surface area contributed by atoms with Gasteiger partial charge >= 0.3 is 6.18 Å². The van der Waals surface area contributed by atoms with Gasteiger partial charge in [0.15, 0.2) is 0 Å². The van der Waals surface area contributed by atoms with Crippen molar-refractivity contribution in [3.05, 3.63) is 70.5 Å². The van der Waals surface area contributed by atoms with Crippen LogP contribution in [0.5, 0.6) is 0 Å². The number of nitrogens with two attached hydrogens (primary N) is 1. The van der Waals surface area contributed by atoms with E-state index in [0.29, 0.717) is 57.6 Å². The van der Waals surface area contributed by atoms with E-state index in [1.54, 1.807) is 23.1 Å². The van der Waals surface area contributed by atoms with E-state index in [0.717, 1.165) is 11.1 Å². The van der Waals surface area contributed by atoms with Gasteiger partial charge in [-0.3, -0.25) is 4.79 Å². The summed E-state index contributed by atoms with van der Waals surface area (Å²) in [6.45, 7) is 0.885. The number of fused-ring (bicyclic) bond motifs is 3. The van der Waals surface area contributed by atoms with Crippen molar-refractivity contribution in [2.75, 3.05) is 18.1 Å². The third kappa shape index (κ3) is 5.04. The maximum Gasteiger partial charge on any atom is 0.426 e. The van der Waals surface area contributed by atoms with Crippen molar-refractivity contribution in [3.63, 3.8) is 0 Å². The summed E-state index contributed by atoms with van der Waals surface area (Å²) in [6, 6.07) is 8.86. The number of carbonyl (C=O) groups is 1. The molecule has 2 aromatic carbocycles. The van der Waals surface area contributed by atoms with E-state index in [4.69, 9.17) is 5.73 Å². The molecule has 0 aromatic heterocycles. The standard InChI is InChI=1S/C29H33F5N2O3S/c1-27(31,29(32,33)34)21-5-8-23-20(16-21)4-9-24-28(23,17-18-2-6-22(30)7-3-18)12-13-36(24)26(37)25(35)19-10-14-40(38,39)15-11-19/h2-3,5-8,16,19,24-25H,4,9-15,17,35H2,1H3/t24-,25?,27?,28-/m1/s1. The van der Waals surface area contributed by atoms with Crippen LogP contribution in [0.15, 0.2) is 42.5 Å². The summed E-state index contributed by atoms with van der Waals surface area (Å²) in [4.78, 5) is 15.5. The molecule has 5 nitrogen and oxygen atoms in total. The molecule has 0 bridgehead atoms. The quantitative estimate of drug-likeness (QED) is 0.515. The van der Waals surface area contributed by atoms with Gasteiger partial charge in [-0.25, -0.2) is 17.2 Å². The van der Waals surface area contributed by atoms with E-state index < -0.39 is 44.5 Å². The van der Waals surface area contributed by atoms with Gasteiger partial charge in [0.2, 0.25) is 11.6 Å². The summed E-state index contributed by atoms with van der Waals surface area (Å²) >= 11 is 0. The second kappa shape index (κ2) is 10.1. The number of hydrogen-bond acceptors (Lipinski definition) is 4. The van der Waals surface area contributed by atoms with Gasteiger partial charge in [-0.15, -0.1) is 0 Å². The summed E-state index contributed by atoms with van der Waals surface area (Å²) in [5.41, 5.74) is 3.95. The molecule has 2 fully saturated rings. The molecule has 2 unspecified atom stereocenters. The number of nitrogens with zero attached hydrogens (tertiary/aromatic N) is 1. The predicted octanol–water partition coefficient (Wildman–Crippen LogP) is 4.75. The zero-order valence-electron chi connectivity index (χ0n) is 22.2. The van der Waals surface area contributed by atoms with Crippen molar-refractivity contribution in [2.45, 2.75) is 74.8 Å². The minimum atomic E-state index is -5.07. The van der Waals surface area contributed by atoms with E-state index in [-0.39, 0.29) is 29.4 Å². The number of carbonyl (C=O) groups excluding carboxylic acids is 1. The van der Waals surface area contributed by atoms with Gasteiger partial charge in [0.25, 0.3) is 0 Å². The average Bonchev–Trinajstić information content (AvgIpc) is 3.27. The highest BCUT2D eigenvalue weighted by Crippen LogP contribution is 2.51. The highest BCUT2D eigenvalue weighted by atomic mass is 32.2. The zero-order chi connectivity index (χ0) is 29.1. The van der Waals surface area contributed by atoms with Crippen molar-refractivity contribution >= 4 is 15.7 Å². The molecule has 2 aromatic rings. The lowest BCUT2D eigenvalue weighted by atomic mass is 9.63. The van der Waals surface area contributed by atoms with Gasteiger partial charge in [0, 0.05) is 18.0 Å². The SMILES string of the molecule is CC(F)(c1ccc2c(c1)CC[C@H]1N(C(=O)C(N)C3CCS(=O)(=O)CC3)CC[C@@]21Cc1ccc(F)cc1)C(F)(F)F. The molecule has 5 rings (SSSR count). The Hall–Kier alpha value is -2.53. The normalized spacial score (nSPS) is 27.0. The van der Waals surface area contributed by atoms with Crippen LogP contribution in [0.1, 0.15) is 54.9 Å². The lowest BCUT2D eigenvalue weighted by Crippen LogP contribution is -2.55. The number of sulfone groups is 1. The van der Waals surface area contributed by atoms with Crippen LogP contribution in [0.4, 0.5) is 22.0 Å². The molecule has 2 heterocycles. The second-order valence-corrected chi connectivity index (χ2v) is 14.0. The Balaban J connectivity index is 1.50. The van der Waals surface area contributed by atoms with Crippen LogP contribution in [0, 0.1) is 11.7 Å². The number of amides is 1. The molecule has 1 aliphatic carbocycles. The zero-order valence-corrected chi connectivity index (χ0v) is 23.0. The van der Waals surface area contributed by atoms with E-state index >= 15 is 0 Å². The molecule has 0 saturated carbocycles. The monoisotopic (exact) mass is 584 g/mol. The summed E-state index contributed by atoms with van der Waals surface area (Å²) in [5.74, 6) is -0.922. The number of hydrogen-bond donors (Lipinski definition) is 1. The highest BCUT2D eigenvalue weighted by molar-refractivity contribution is 7.91. The molecule has 4 atom stereocenters. The molecule has 2 N–H and O–H groups in total. The molecule has 40 heavy (non-hydrogen) atoms. The topological polar surface area (TPSA) is 80.5 Å². The van der Waals surface area contributed by atoms with Gasteiger partial charge in [0.05, 0.1) is 17.5 Å². The van der Waals surface area contributed by atoms with Gasteiger partial charge in [-0.1, -0.05) is 30.3 Å². The first-order valence-electron chi connectivity index (χ1n) is 13.6. The Kier molecular flexibility index (Phi) is 7.30.